The number of esters is 2. The van der Waals surface area contributed by atoms with Crippen LogP contribution in [0.5, 0.6) is 0 Å². The van der Waals surface area contributed by atoms with Gasteiger partial charge in [-0.1, -0.05) is 353 Å². The van der Waals surface area contributed by atoms with Gasteiger partial charge in [0.25, 0.3) is 0 Å². The van der Waals surface area contributed by atoms with Crippen LogP contribution in [0.25, 0.3) is 0 Å². The molecule has 0 bridgehead atoms. The number of benzene rings is 4. The minimum atomic E-state index is -0.663. The zero-order chi connectivity index (χ0) is 62.5. The van der Waals surface area contributed by atoms with Crippen molar-refractivity contribution < 1.29 is 42.7 Å². The number of hydrogen-bond acceptors (Lipinski definition) is 9. The van der Waals surface area contributed by atoms with Gasteiger partial charge < -0.3 is 33.2 Å². The monoisotopic (exact) mass is 1230 g/mol. The Bertz CT molecular complexity index is 2230. The molecule has 0 amide bonds. The van der Waals surface area contributed by atoms with Gasteiger partial charge in [0.15, 0.2) is 0 Å². The van der Waals surface area contributed by atoms with Crippen LogP contribution in [-0.2, 0) is 69.2 Å². The first-order valence-corrected chi connectivity index (χ1v) is 36.6. The molecule has 4 aromatic rings. The third-order valence-corrected chi connectivity index (χ3v) is 17.9. The lowest BCUT2D eigenvalue weighted by Crippen LogP contribution is -2.61. The van der Waals surface area contributed by atoms with Gasteiger partial charge in [-0.05, 0) is 47.9 Å². The first kappa shape index (κ1) is 75.3. The van der Waals surface area contributed by atoms with E-state index in [2.05, 4.69) is 62.4 Å². The van der Waals surface area contributed by atoms with E-state index in [-0.39, 0.29) is 25.2 Å². The molecule has 0 radical (unpaired) electrons. The van der Waals surface area contributed by atoms with E-state index < -0.39 is 36.6 Å². The molecular weight excluding hydrogens is 1100 g/mol. The van der Waals surface area contributed by atoms with Crippen molar-refractivity contribution in [1.29, 1.82) is 0 Å². The zero-order valence-electron chi connectivity index (χ0n) is 56.2. The lowest BCUT2D eigenvalue weighted by molar-refractivity contribution is -0.274. The molecule has 1 aliphatic heterocycles. The van der Waals surface area contributed by atoms with E-state index in [0.29, 0.717) is 52.1 Å². The molecule has 1 fully saturated rings. The molecule has 0 unspecified atom stereocenters. The molecule has 0 saturated carbocycles. The Labute approximate surface area is 542 Å². The SMILES string of the molecule is CCCCCCCCCCCCCCCCCCCCC(=O)OC[C@H](CC[C@@H]1O[C@H](COCc2ccccc2)[C@H](OCc2ccccc2)[C@H](OCc2ccccc2)[C@H]1OCc1ccccc1)OC(=O)CCCCCCCCCCCCCCCCCCCC. The van der Waals surface area contributed by atoms with Gasteiger partial charge in [0, 0.05) is 12.8 Å². The molecule has 1 saturated heterocycles. The topological polar surface area (TPSA) is 98.8 Å². The van der Waals surface area contributed by atoms with Crippen molar-refractivity contribution in [3.05, 3.63) is 144 Å². The lowest BCUT2D eigenvalue weighted by atomic mass is 9.91. The third kappa shape index (κ3) is 37.0. The van der Waals surface area contributed by atoms with Crippen LogP contribution < -0.4 is 0 Å². The normalized spacial score (nSPS) is 17.0. The highest BCUT2D eigenvalue weighted by Crippen LogP contribution is 2.34. The van der Waals surface area contributed by atoms with Gasteiger partial charge in [-0.2, -0.15) is 0 Å². The van der Waals surface area contributed by atoms with Crippen LogP contribution in [0, 0.1) is 0 Å². The van der Waals surface area contributed by atoms with E-state index in [0.717, 1.165) is 60.8 Å². The number of hydrogen-bond donors (Lipinski definition) is 0. The minimum Gasteiger partial charge on any atom is -0.462 e. The molecule has 0 aliphatic carbocycles. The first-order chi connectivity index (χ1) is 44.0. The van der Waals surface area contributed by atoms with E-state index >= 15 is 0 Å². The van der Waals surface area contributed by atoms with Gasteiger partial charge in [0.05, 0.1) is 39.1 Å². The molecule has 9 heteroatoms. The van der Waals surface area contributed by atoms with Gasteiger partial charge in [0.1, 0.15) is 37.1 Å². The van der Waals surface area contributed by atoms with E-state index in [1.54, 1.807) is 0 Å². The summed E-state index contributed by atoms with van der Waals surface area (Å²) in [7, 11) is 0. The summed E-state index contributed by atoms with van der Waals surface area (Å²) in [5.41, 5.74) is 4.15. The Morgan fingerprint density at radius 1 is 0.360 bits per heavy atom. The van der Waals surface area contributed by atoms with Gasteiger partial charge in [-0.15, -0.1) is 0 Å². The maximum absolute atomic E-state index is 13.8. The zero-order valence-corrected chi connectivity index (χ0v) is 56.2. The standard InChI is InChI=1S/C80H124O9/c1-3-5-7-9-11-13-15-17-19-21-23-25-27-29-31-33-35-49-59-76(81)84-67-73(88-77(82)60-50-36-34-32-30-28-26-24-22-20-18-16-14-12-10-8-6-4-2)61-62-74-78(85-64-70-53-43-38-44-54-70)80(87-66-72-57-47-40-48-58-72)79(86-65-71-55-45-39-46-56-71)75(89-74)68-83-63-69-51-41-37-42-52-69/h37-48,51-58,73-75,78-80H,3-36,49-50,59-68H2,1-2H3/t73-,74-,75+,78-,79-,80+/m0/s1. The Morgan fingerprint density at radius 2 is 0.663 bits per heavy atom. The predicted molar refractivity (Wildman–Crippen MR) is 367 cm³/mol. The van der Waals surface area contributed by atoms with Crippen LogP contribution in [0.15, 0.2) is 121 Å². The van der Waals surface area contributed by atoms with Crippen LogP contribution in [0.4, 0.5) is 0 Å². The highest BCUT2D eigenvalue weighted by atomic mass is 16.6. The molecule has 1 heterocycles. The van der Waals surface area contributed by atoms with Gasteiger partial charge in [-0.25, -0.2) is 0 Å². The van der Waals surface area contributed by atoms with Crippen LogP contribution in [-0.4, -0.2) is 61.8 Å². The van der Waals surface area contributed by atoms with Crippen LogP contribution in [0.2, 0.25) is 0 Å². The van der Waals surface area contributed by atoms with Crippen molar-refractivity contribution in [3.63, 3.8) is 0 Å². The highest BCUT2D eigenvalue weighted by Gasteiger charge is 2.48. The minimum absolute atomic E-state index is 0.00856. The number of carbonyl (C=O) groups excluding carboxylic acids is 2. The first-order valence-electron chi connectivity index (χ1n) is 36.6. The summed E-state index contributed by atoms with van der Waals surface area (Å²) < 4.78 is 47.0. The third-order valence-electron chi connectivity index (χ3n) is 17.9. The molecule has 9 nitrogen and oxygen atoms in total. The average molecular weight is 1230 g/mol. The smallest absolute Gasteiger partial charge is 0.306 e. The highest BCUT2D eigenvalue weighted by molar-refractivity contribution is 5.70. The average Bonchev–Trinajstić information content (AvgIpc) is 2.22. The number of rotatable bonds is 57. The van der Waals surface area contributed by atoms with Gasteiger partial charge in [0.2, 0.25) is 0 Å². The maximum atomic E-state index is 13.8. The summed E-state index contributed by atoms with van der Waals surface area (Å²) >= 11 is 0. The van der Waals surface area contributed by atoms with Crippen molar-refractivity contribution in [2.24, 2.45) is 0 Å². The molecule has 0 aromatic heterocycles. The van der Waals surface area contributed by atoms with E-state index in [1.165, 1.54) is 193 Å². The van der Waals surface area contributed by atoms with Crippen molar-refractivity contribution in [3.8, 4) is 0 Å². The van der Waals surface area contributed by atoms with Crippen molar-refractivity contribution >= 4 is 11.9 Å². The fourth-order valence-electron chi connectivity index (χ4n) is 12.5. The Hall–Kier alpha value is -4.38. The van der Waals surface area contributed by atoms with Crippen molar-refractivity contribution in [1.82, 2.24) is 0 Å². The molecule has 5 rings (SSSR count). The van der Waals surface area contributed by atoms with E-state index in [9.17, 15) is 9.59 Å². The quantitative estimate of drug-likeness (QED) is 0.0316. The maximum Gasteiger partial charge on any atom is 0.306 e. The number of unbranched alkanes of at least 4 members (excludes halogenated alkanes) is 34. The largest absolute Gasteiger partial charge is 0.462 e. The summed E-state index contributed by atoms with van der Waals surface area (Å²) in [6, 6.07) is 40.7. The number of ether oxygens (including phenoxy) is 7. The van der Waals surface area contributed by atoms with Crippen LogP contribution in [0.1, 0.15) is 293 Å². The summed E-state index contributed by atoms with van der Waals surface area (Å²) in [5.74, 6) is -0.495. The molecule has 0 spiro atoms. The fraction of sp³-hybridized carbons (Fsp3) is 0.675. The Balaban J connectivity index is 1.18. The van der Waals surface area contributed by atoms with E-state index in [4.69, 9.17) is 33.2 Å². The second-order valence-electron chi connectivity index (χ2n) is 25.9. The van der Waals surface area contributed by atoms with E-state index in [1.807, 2.05) is 72.8 Å². The molecule has 89 heavy (non-hydrogen) atoms. The van der Waals surface area contributed by atoms with Crippen molar-refractivity contribution in [2.45, 2.75) is 334 Å². The molecule has 0 N–H and O–H groups in total. The predicted octanol–water partition coefficient (Wildman–Crippen LogP) is 21.8. The summed E-state index contributed by atoms with van der Waals surface area (Å²) in [5, 5.41) is 0. The second kappa shape index (κ2) is 52.1. The Kier molecular flexibility index (Phi) is 44.1. The number of carbonyl (C=O) groups is 2. The summed E-state index contributed by atoms with van der Waals surface area (Å²) in [4.78, 5) is 27.3. The molecule has 6 atom stereocenters. The molecule has 4 aromatic carbocycles. The fourth-order valence-corrected chi connectivity index (χ4v) is 12.5. The molecule has 1 aliphatic rings. The second-order valence-corrected chi connectivity index (χ2v) is 25.9. The molecular formula is C80H124O9. The van der Waals surface area contributed by atoms with Crippen LogP contribution >= 0.6 is 0 Å². The van der Waals surface area contributed by atoms with Gasteiger partial charge in [-0.3, -0.25) is 9.59 Å². The molecule has 498 valence electrons. The summed E-state index contributed by atoms with van der Waals surface area (Å²) in [6.45, 7) is 6.22. The lowest BCUT2D eigenvalue weighted by Gasteiger charge is -2.46. The van der Waals surface area contributed by atoms with Gasteiger partial charge >= 0.3 is 11.9 Å². The van der Waals surface area contributed by atoms with Crippen molar-refractivity contribution in [2.75, 3.05) is 13.2 Å². The Morgan fingerprint density at radius 3 is 1.02 bits per heavy atom. The summed E-state index contributed by atoms with van der Waals surface area (Å²) in [6.07, 6.45) is 44.6. The van der Waals surface area contributed by atoms with Crippen LogP contribution in [0.3, 0.4) is 0 Å².